The van der Waals surface area contributed by atoms with Gasteiger partial charge in [0.15, 0.2) is 0 Å². The van der Waals surface area contributed by atoms with Crippen LogP contribution in [0.1, 0.15) is 0 Å². The van der Waals surface area contributed by atoms with E-state index in [1.807, 2.05) is 0 Å². The number of rotatable bonds is 2. The van der Waals surface area contributed by atoms with Crippen LogP contribution in [0.15, 0.2) is 0 Å². The van der Waals surface area contributed by atoms with E-state index < -0.39 is 26.4 Å². The fourth-order valence-corrected chi connectivity index (χ4v) is 0.0781. The van der Waals surface area contributed by atoms with Gasteiger partial charge in [0.05, 0.1) is 6.61 Å². The molecule has 1 atom stereocenters. The summed E-state index contributed by atoms with van der Waals surface area (Å²) in [5, 5.41) is 15.9. The molecule has 0 bridgehead atoms. The molecule has 0 saturated carbocycles. The van der Waals surface area contributed by atoms with Gasteiger partial charge in [0.2, 0.25) is 0 Å². The zero-order chi connectivity index (χ0) is 10.4. The first kappa shape index (κ1) is 14.0. The Kier molecular flexibility index (Phi) is 7.10. The monoisotopic (exact) mass is 203 g/mol. The van der Waals surface area contributed by atoms with E-state index in [-0.39, 0.29) is 0 Å². The normalized spacial score (nSPS) is 12.8. The largest absolute Gasteiger partial charge is 0.480 e. The van der Waals surface area contributed by atoms with Crippen LogP contribution in [0, 0.1) is 0 Å². The lowest BCUT2D eigenvalue weighted by Crippen LogP contribution is -2.33. The molecule has 0 rings (SSSR count). The average molecular weight is 203 g/mol. The van der Waals surface area contributed by atoms with E-state index in [0.29, 0.717) is 0 Å². The number of hydrogen-bond donors (Lipinski definition) is 6. The Morgan fingerprint density at radius 3 is 1.67 bits per heavy atom. The van der Waals surface area contributed by atoms with Gasteiger partial charge < -0.3 is 30.6 Å². The minimum atomic E-state index is -4.64. The van der Waals surface area contributed by atoms with Crippen LogP contribution < -0.4 is 5.73 Å². The van der Waals surface area contributed by atoms with Gasteiger partial charge in [-0.3, -0.25) is 4.79 Å². The standard InChI is InChI=1S/C3H7NO3.H3O4P/c4-2(1-5)3(6)7;1-5(2,3)4/h2,5H,1,4H2,(H,6,7);(H3,1,2,3,4). The summed E-state index contributed by atoms with van der Waals surface area (Å²) in [6, 6.07) is -1.13. The van der Waals surface area contributed by atoms with E-state index in [0.717, 1.165) is 0 Å². The average Bonchev–Trinajstić information content (AvgIpc) is 1.82. The van der Waals surface area contributed by atoms with Crippen LogP contribution in [0.5, 0.6) is 0 Å². The molecule has 0 aliphatic heterocycles. The van der Waals surface area contributed by atoms with Gasteiger partial charge in [-0.1, -0.05) is 0 Å². The second kappa shape index (κ2) is 6.06. The molecule has 0 aromatic carbocycles. The zero-order valence-electron chi connectivity index (χ0n) is 5.86. The molecule has 0 heterocycles. The molecule has 1 unspecified atom stereocenters. The van der Waals surface area contributed by atoms with Gasteiger partial charge in [0, 0.05) is 0 Å². The fraction of sp³-hybridized carbons (Fsp3) is 0.667. The van der Waals surface area contributed by atoms with Crippen molar-refractivity contribution in [3.63, 3.8) is 0 Å². The summed E-state index contributed by atoms with van der Waals surface area (Å²) in [5.41, 5.74) is 4.77. The van der Waals surface area contributed by atoms with Crippen LogP contribution in [0.4, 0.5) is 0 Å². The molecule has 7 N–H and O–H groups in total. The molecule has 0 fully saturated rings. The van der Waals surface area contributed by atoms with E-state index >= 15 is 0 Å². The zero-order valence-corrected chi connectivity index (χ0v) is 6.76. The predicted molar refractivity (Wildman–Crippen MR) is 37.0 cm³/mol. The lowest BCUT2D eigenvalue weighted by Gasteiger charge is -1.96. The lowest BCUT2D eigenvalue weighted by molar-refractivity contribution is -0.139. The first-order valence-electron chi connectivity index (χ1n) is 2.56. The first-order chi connectivity index (χ1) is 5.18. The Morgan fingerprint density at radius 1 is 1.42 bits per heavy atom. The maximum absolute atomic E-state index is 9.65. The number of nitrogens with two attached hydrogens (primary N) is 1. The van der Waals surface area contributed by atoms with Gasteiger partial charge in [0.25, 0.3) is 0 Å². The fourth-order valence-electron chi connectivity index (χ4n) is 0.0781. The summed E-state index contributed by atoms with van der Waals surface area (Å²) < 4.78 is 8.88. The Hall–Kier alpha value is -0.500. The summed E-state index contributed by atoms with van der Waals surface area (Å²) in [5.74, 6) is -1.18. The molecule has 8 nitrogen and oxygen atoms in total. The Labute approximate surface area is 67.5 Å². The van der Waals surface area contributed by atoms with Crippen molar-refractivity contribution < 1.29 is 34.3 Å². The highest BCUT2D eigenvalue weighted by Crippen LogP contribution is 2.25. The Bertz CT molecular complexity index is 167. The van der Waals surface area contributed by atoms with Crippen molar-refractivity contribution in [2.24, 2.45) is 5.73 Å². The summed E-state index contributed by atoms with van der Waals surface area (Å²) >= 11 is 0. The third-order valence-corrected chi connectivity index (χ3v) is 0.514. The number of carboxylic acid groups (broad SMARTS) is 1. The molecule has 0 spiro atoms. The third kappa shape index (κ3) is 22.7. The van der Waals surface area contributed by atoms with E-state index in [1.54, 1.807) is 0 Å². The molecule has 0 saturated heterocycles. The second-order valence-electron chi connectivity index (χ2n) is 1.64. The summed E-state index contributed by atoms with van der Waals surface area (Å²) in [6.07, 6.45) is 0. The molecule has 9 heteroatoms. The summed E-state index contributed by atoms with van der Waals surface area (Å²) in [6.45, 7) is -0.505. The van der Waals surface area contributed by atoms with Crippen molar-refractivity contribution >= 4 is 13.8 Å². The number of aliphatic hydroxyl groups excluding tert-OH is 1. The molecule has 0 aromatic rings. The van der Waals surface area contributed by atoms with Crippen LogP contribution in [0.3, 0.4) is 0 Å². The summed E-state index contributed by atoms with van der Waals surface area (Å²) in [4.78, 5) is 31.2. The SMILES string of the molecule is NC(CO)C(=O)O.O=P(O)(O)O. The van der Waals surface area contributed by atoms with E-state index in [1.165, 1.54) is 0 Å². The highest BCUT2D eigenvalue weighted by molar-refractivity contribution is 7.45. The van der Waals surface area contributed by atoms with E-state index in [2.05, 4.69) is 0 Å². The maximum atomic E-state index is 9.65. The van der Waals surface area contributed by atoms with Crippen molar-refractivity contribution in [1.29, 1.82) is 0 Å². The number of aliphatic hydroxyl groups is 1. The van der Waals surface area contributed by atoms with E-state index in [9.17, 15) is 4.79 Å². The topological polar surface area (TPSA) is 161 Å². The van der Waals surface area contributed by atoms with Gasteiger partial charge in [-0.15, -0.1) is 0 Å². The minimum absolute atomic E-state index is 0.505. The first-order valence-corrected chi connectivity index (χ1v) is 4.12. The van der Waals surface area contributed by atoms with Crippen LogP contribution in [-0.4, -0.2) is 43.5 Å². The van der Waals surface area contributed by atoms with Crippen LogP contribution in [-0.2, 0) is 9.36 Å². The van der Waals surface area contributed by atoms with Gasteiger partial charge in [0.1, 0.15) is 6.04 Å². The Balaban J connectivity index is 0. The maximum Gasteiger partial charge on any atom is 0.466 e. The van der Waals surface area contributed by atoms with Crippen molar-refractivity contribution in [1.82, 2.24) is 0 Å². The predicted octanol–water partition coefficient (Wildman–Crippen LogP) is -2.54. The number of carboxylic acids is 1. The Morgan fingerprint density at radius 2 is 1.67 bits per heavy atom. The number of aliphatic carboxylic acids is 1. The molecule has 0 aliphatic carbocycles. The molecular formula is C3H10NO7P. The molecular weight excluding hydrogens is 193 g/mol. The molecule has 12 heavy (non-hydrogen) atoms. The van der Waals surface area contributed by atoms with Gasteiger partial charge in [-0.2, -0.15) is 0 Å². The van der Waals surface area contributed by atoms with Crippen LogP contribution >= 0.6 is 7.82 Å². The van der Waals surface area contributed by atoms with E-state index in [4.69, 9.17) is 35.2 Å². The second-order valence-corrected chi connectivity index (χ2v) is 2.67. The van der Waals surface area contributed by atoms with Gasteiger partial charge in [-0.25, -0.2) is 4.57 Å². The number of hydrogen-bond acceptors (Lipinski definition) is 4. The minimum Gasteiger partial charge on any atom is -0.480 e. The molecule has 74 valence electrons. The van der Waals surface area contributed by atoms with Gasteiger partial charge >= 0.3 is 13.8 Å². The van der Waals surface area contributed by atoms with Crippen LogP contribution in [0.2, 0.25) is 0 Å². The third-order valence-electron chi connectivity index (χ3n) is 0.514. The quantitative estimate of drug-likeness (QED) is 0.267. The van der Waals surface area contributed by atoms with Crippen molar-refractivity contribution in [3.8, 4) is 0 Å². The van der Waals surface area contributed by atoms with Gasteiger partial charge in [-0.05, 0) is 0 Å². The number of carbonyl (C=O) groups is 1. The molecule has 0 aromatic heterocycles. The van der Waals surface area contributed by atoms with Crippen molar-refractivity contribution in [2.75, 3.05) is 6.61 Å². The molecule has 0 radical (unpaired) electrons. The van der Waals surface area contributed by atoms with Crippen molar-refractivity contribution in [2.45, 2.75) is 6.04 Å². The molecule has 0 aliphatic rings. The highest BCUT2D eigenvalue weighted by Gasteiger charge is 2.07. The van der Waals surface area contributed by atoms with Crippen molar-refractivity contribution in [3.05, 3.63) is 0 Å². The molecule has 0 amide bonds. The lowest BCUT2D eigenvalue weighted by atomic mass is 10.3. The summed E-state index contributed by atoms with van der Waals surface area (Å²) in [7, 11) is -4.64. The smallest absolute Gasteiger partial charge is 0.466 e. The number of phosphoric acid groups is 1. The van der Waals surface area contributed by atoms with Crippen LogP contribution in [0.25, 0.3) is 0 Å². The highest BCUT2D eigenvalue weighted by atomic mass is 31.2.